The fraction of sp³-hybridized carbons (Fsp3) is 0.500. The summed E-state index contributed by atoms with van der Waals surface area (Å²) < 4.78 is 12.3. The number of nitrogens with zero attached hydrogens (tertiary/aromatic N) is 2. The zero-order chi connectivity index (χ0) is 19.9. The van der Waals surface area contributed by atoms with Gasteiger partial charge in [-0.2, -0.15) is 0 Å². The maximum atomic E-state index is 12.7. The molecule has 1 fully saturated rings. The van der Waals surface area contributed by atoms with Gasteiger partial charge in [0.15, 0.2) is 0 Å². The number of methoxy groups -OCH3 is 1. The highest BCUT2D eigenvalue weighted by Gasteiger charge is 2.32. The second-order valence-electron chi connectivity index (χ2n) is 7.40. The van der Waals surface area contributed by atoms with Gasteiger partial charge < -0.3 is 14.0 Å². The first kappa shape index (κ1) is 20.1. The third-order valence-electron chi connectivity index (χ3n) is 5.69. The number of aromatic nitrogens is 2. The molecule has 6 heteroatoms. The summed E-state index contributed by atoms with van der Waals surface area (Å²) in [5, 5.41) is 0. The summed E-state index contributed by atoms with van der Waals surface area (Å²) in [6.07, 6.45) is 8.49. The van der Waals surface area contributed by atoms with Gasteiger partial charge >= 0.3 is 11.9 Å². The van der Waals surface area contributed by atoms with Crippen LogP contribution in [0.1, 0.15) is 61.1 Å². The molecule has 2 aromatic rings. The monoisotopic (exact) mass is 384 g/mol. The van der Waals surface area contributed by atoms with Crippen LogP contribution in [0.5, 0.6) is 0 Å². The Kier molecular flexibility index (Phi) is 6.85. The normalized spacial score (nSPS) is 16.9. The van der Waals surface area contributed by atoms with Crippen molar-refractivity contribution in [1.29, 1.82) is 0 Å². The lowest BCUT2D eigenvalue weighted by Gasteiger charge is -2.28. The minimum atomic E-state index is -0.468. The summed E-state index contributed by atoms with van der Waals surface area (Å²) in [6, 6.07) is 9.85. The predicted molar refractivity (Wildman–Crippen MR) is 105 cm³/mol. The molecule has 28 heavy (non-hydrogen) atoms. The molecule has 0 radical (unpaired) electrons. The number of rotatable bonds is 7. The van der Waals surface area contributed by atoms with E-state index in [0.717, 1.165) is 31.2 Å². The number of ether oxygens (including phenoxy) is 2. The average molecular weight is 384 g/mol. The van der Waals surface area contributed by atoms with E-state index in [0.29, 0.717) is 5.69 Å². The Morgan fingerprint density at radius 2 is 1.89 bits per heavy atom. The molecule has 0 bridgehead atoms. The largest absolute Gasteiger partial charge is 0.469 e. The maximum Gasteiger partial charge on any atom is 0.356 e. The van der Waals surface area contributed by atoms with Gasteiger partial charge in [0, 0.05) is 0 Å². The molecule has 1 aromatic heterocycles. The van der Waals surface area contributed by atoms with E-state index < -0.39 is 11.9 Å². The zero-order valence-corrected chi connectivity index (χ0v) is 16.5. The SMILES string of the molecule is COC(=O)C(COC(=O)c1cncn1C(C)c1ccccc1)C1CCCCC1. The standard InChI is InChI=1S/C22H28N2O4/c1-16(17-9-5-3-6-10-17)24-15-23-13-20(24)22(26)28-14-19(21(25)27-2)18-11-7-4-8-12-18/h3,5-6,9-10,13,15-16,18-19H,4,7-8,11-12,14H2,1-2H3. The van der Waals surface area contributed by atoms with Crippen molar-refractivity contribution in [1.82, 2.24) is 9.55 Å². The molecule has 0 amide bonds. The molecule has 0 N–H and O–H groups in total. The molecule has 1 heterocycles. The van der Waals surface area contributed by atoms with Crippen LogP contribution in [0.3, 0.4) is 0 Å². The van der Waals surface area contributed by atoms with Crippen LogP contribution in [0.15, 0.2) is 42.9 Å². The van der Waals surface area contributed by atoms with Crippen LogP contribution in [-0.4, -0.2) is 35.2 Å². The third-order valence-corrected chi connectivity index (χ3v) is 5.69. The molecule has 2 unspecified atom stereocenters. The van der Waals surface area contributed by atoms with Gasteiger partial charge in [0.2, 0.25) is 0 Å². The number of hydrogen-bond donors (Lipinski definition) is 0. The fourth-order valence-corrected chi connectivity index (χ4v) is 3.99. The van der Waals surface area contributed by atoms with Crippen LogP contribution < -0.4 is 0 Å². The molecule has 150 valence electrons. The van der Waals surface area contributed by atoms with E-state index in [2.05, 4.69) is 4.98 Å². The fourth-order valence-electron chi connectivity index (χ4n) is 3.99. The lowest BCUT2D eigenvalue weighted by molar-refractivity contribution is -0.149. The van der Waals surface area contributed by atoms with Crippen molar-refractivity contribution < 1.29 is 19.1 Å². The highest BCUT2D eigenvalue weighted by molar-refractivity contribution is 5.87. The third kappa shape index (κ3) is 4.61. The molecular weight excluding hydrogens is 356 g/mol. The van der Waals surface area contributed by atoms with E-state index in [-0.39, 0.29) is 24.5 Å². The van der Waals surface area contributed by atoms with Crippen molar-refractivity contribution in [2.24, 2.45) is 11.8 Å². The van der Waals surface area contributed by atoms with Gasteiger partial charge in [-0.05, 0) is 31.2 Å². The Morgan fingerprint density at radius 3 is 2.57 bits per heavy atom. The van der Waals surface area contributed by atoms with Gasteiger partial charge in [-0.15, -0.1) is 0 Å². The molecule has 1 aliphatic carbocycles. The van der Waals surface area contributed by atoms with Crippen molar-refractivity contribution >= 4 is 11.9 Å². The minimum Gasteiger partial charge on any atom is -0.469 e. The predicted octanol–water partition coefficient (Wildman–Crippen LogP) is 4.02. The molecule has 1 aromatic carbocycles. The highest BCUT2D eigenvalue weighted by atomic mass is 16.5. The Morgan fingerprint density at radius 1 is 1.18 bits per heavy atom. The molecule has 0 spiro atoms. The van der Waals surface area contributed by atoms with Crippen LogP contribution in [-0.2, 0) is 14.3 Å². The van der Waals surface area contributed by atoms with Crippen LogP contribution in [0.25, 0.3) is 0 Å². The van der Waals surface area contributed by atoms with E-state index >= 15 is 0 Å². The van der Waals surface area contributed by atoms with Crippen LogP contribution in [0.2, 0.25) is 0 Å². The molecule has 0 saturated heterocycles. The first-order valence-corrected chi connectivity index (χ1v) is 9.93. The molecule has 6 nitrogen and oxygen atoms in total. The molecule has 2 atom stereocenters. The van der Waals surface area contributed by atoms with Crippen molar-refractivity contribution in [2.75, 3.05) is 13.7 Å². The lowest BCUT2D eigenvalue weighted by Crippen LogP contribution is -2.32. The summed E-state index contributed by atoms with van der Waals surface area (Å²) in [4.78, 5) is 29.1. The van der Waals surface area contributed by atoms with Gasteiger partial charge in [-0.1, -0.05) is 49.6 Å². The molecule has 1 aliphatic rings. The number of imidazole rings is 1. The second-order valence-corrected chi connectivity index (χ2v) is 7.40. The van der Waals surface area contributed by atoms with Crippen LogP contribution in [0.4, 0.5) is 0 Å². The van der Waals surface area contributed by atoms with E-state index in [4.69, 9.17) is 9.47 Å². The van der Waals surface area contributed by atoms with Crippen molar-refractivity contribution in [3.8, 4) is 0 Å². The number of carbonyl (C=O) groups is 2. The second kappa shape index (κ2) is 9.53. The number of benzene rings is 1. The Balaban J connectivity index is 1.69. The summed E-state index contributed by atoms with van der Waals surface area (Å²) >= 11 is 0. The molecule has 1 saturated carbocycles. The van der Waals surface area contributed by atoms with E-state index in [9.17, 15) is 9.59 Å². The van der Waals surface area contributed by atoms with E-state index in [1.807, 2.05) is 37.3 Å². The lowest BCUT2D eigenvalue weighted by atomic mass is 9.80. The van der Waals surface area contributed by atoms with Gasteiger partial charge in [0.1, 0.15) is 12.3 Å². The van der Waals surface area contributed by atoms with E-state index in [1.165, 1.54) is 19.7 Å². The summed E-state index contributed by atoms with van der Waals surface area (Å²) in [5.74, 6) is -0.963. The zero-order valence-electron chi connectivity index (χ0n) is 16.5. The van der Waals surface area contributed by atoms with Gasteiger partial charge in [0.05, 0.1) is 31.6 Å². The average Bonchev–Trinajstić information content (AvgIpc) is 3.24. The van der Waals surface area contributed by atoms with E-state index in [1.54, 1.807) is 10.9 Å². The van der Waals surface area contributed by atoms with Crippen molar-refractivity contribution in [3.05, 3.63) is 54.1 Å². The summed E-state index contributed by atoms with van der Waals surface area (Å²) in [5.41, 5.74) is 1.45. The van der Waals surface area contributed by atoms with Crippen LogP contribution >= 0.6 is 0 Å². The highest BCUT2D eigenvalue weighted by Crippen LogP contribution is 2.31. The van der Waals surface area contributed by atoms with Crippen molar-refractivity contribution in [2.45, 2.75) is 45.1 Å². The smallest absolute Gasteiger partial charge is 0.356 e. The molecule has 3 rings (SSSR count). The minimum absolute atomic E-state index is 0.0427. The summed E-state index contributed by atoms with van der Waals surface area (Å²) in [6.45, 7) is 2.05. The first-order valence-electron chi connectivity index (χ1n) is 9.93. The Hall–Kier alpha value is -2.63. The van der Waals surface area contributed by atoms with Crippen molar-refractivity contribution in [3.63, 3.8) is 0 Å². The topological polar surface area (TPSA) is 70.4 Å². The Bertz CT molecular complexity index is 781. The summed E-state index contributed by atoms with van der Waals surface area (Å²) in [7, 11) is 1.39. The first-order chi connectivity index (χ1) is 13.6. The van der Waals surface area contributed by atoms with Crippen LogP contribution in [0, 0.1) is 11.8 Å². The van der Waals surface area contributed by atoms with Gasteiger partial charge in [0.25, 0.3) is 0 Å². The van der Waals surface area contributed by atoms with Gasteiger partial charge in [-0.3, -0.25) is 4.79 Å². The maximum absolute atomic E-state index is 12.7. The number of esters is 2. The quantitative estimate of drug-likeness (QED) is 0.675. The Labute approximate surface area is 165 Å². The number of carbonyl (C=O) groups excluding carboxylic acids is 2. The van der Waals surface area contributed by atoms with Gasteiger partial charge in [-0.25, -0.2) is 9.78 Å². The number of hydrogen-bond acceptors (Lipinski definition) is 5. The molecular formula is C22H28N2O4. The molecule has 0 aliphatic heterocycles.